The molecule has 0 amide bonds. The Hall–Kier alpha value is -2.22. The molecule has 2 aliphatic rings. The van der Waals surface area contributed by atoms with Gasteiger partial charge in [0.1, 0.15) is 17.1 Å². The highest BCUT2D eigenvalue weighted by molar-refractivity contribution is 5.89. The lowest BCUT2D eigenvalue weighted by Gasteiger charge is -2.37. The van der Waals surface area contributed by atoms with E-state index in [0.717, 1.165) is 29.8 Å². The standard InChI is InChI=1S/C22H24O2/c1-14-8-11-18(19(23)12-14)22(2,3)15-9-10-17-16-6-4-5-7-20(16)24-21(17)13-15/h4-7,9-12,14-15,23H,8,13H2,1-3H3. The van der Waals surface area contributed by atoms with E-state index in [2.05, 4.69) is 51.1 Å². The molecular formula is C22H24O2. The average Bonchev–Trinajstić information content (AvgIpc) is 2.92. The Kier molecular flexibility index (Phi) is 3.45. The number of benzene rings is 1. The maximum Gasteiger partial charge on any atom is 0.134 e. The summed E-state index contributed by atoms with van der Waals surface area (Å²) in [6, 6.07) is 8.21. The summed E-state index contributed by atoms with van der Waals surface area (Å²) < 4.78 is 6.10. The molecule has 0 bridgehead atoms. The SMILES string of the molecule is CC1C=C(O)C(C(C)(C)C2C=Cc3c(oc4ccccc34)C2)=CC1. The summed E-state index contributed by atoms with van der Waals surface area (Å²) in [5, 5.41) is 11.6. The van der Waals surface area contributed by atoms with Crippen LogP contribution < -0.4 is 0 Å². The molecule has 1 N–H and O–H groups in total. The van der Waals surface area contributed by atoms with E-state index in [1.807, 2.05) is 18.2 Å². The molecule has 0 spiro atoms. The monoisotopic (exact) mass is 320 g/mol. The van der Waals surface area contributed by atoms with Crippen LogP contribution in [0.3, 0.4) is 0 Å². The molecule has 2 aliphatic carbocycles. The van der Waals surface area contributed by atoms with Gasteiger partial charge in [-0.05, 0) is 41.4 Å². The van der Waals surface area contributed by atoms with Crippen LogP contribution in [-0.2, 0) is 6.42 Å². The molecule has 0 aliphatic heterocycles. The van der Waals surface area contributed by atoms with Crippen molar-refractivity contribution in [3.8, 4) is 0 Å². The molecule has 1 heterocycles. The molecule has 2 atom stereocenters. The van der Waals surface area contributed by atoms with Crippen LogP contribution in [0.15, 0.2) is 58.2 Å². The van der Waals surface area contributed by atoms with E-state index in [9.17, 15) is 5.11 Å². The zero-order valence-electron chi connectivity index (χ0n) is 14.5. The third-order valence-electron chi connectivity index (χ3n) is 5.64. The summed E-state index contributed by atoms with van der Waals surface area (Å²) in [5.41, 5.74) is 3.10. The van der Waals surface area contributed by atoms with Gasteiger partial charge in [-0.2, -0.15) is 0 Å². The number of rotatable bonds is 2. The van der Waals surface area contributed by atoms with Gasteiger partial charge in [-0.1, -0.05) is 57.2 Å². The molecule has 2 nitrogen and oxygen atoms in total. The predicted octanol–water partition coefficient (Wildman–Crippen LogP) is 6.05. The Balaban J connectivity index is 1.68. The van der Waals surface area contributed by atoms with E-state index in [1.54, 1.807) is 0 Å². The molecule has 2 heteroatoms. The summed E-state index contributed by atoms with van der Waals surface area (Å²) in [5.74, 6) is 2.22. The van der Waals surface area contributed by atoms with Gasteiger partial charge < -0.3 is 9.52 Å². The first-order valence-corrected chi connectivity index (χ1v) is 8.77. The van der Waals surface area contributed by atoms with Crippen LogP contribution in [0.2, 0.25) is 0 Å². The Morgan fingerprint density at radius 1 is 1.21 bits per heavy atom. The summed E-state index contributed by atoms with van der Waals surface area (Å²) >= 11 is 0. The van der Waals surface area contributed by atoms with Crippen molar-refractivity contribution in [1.82, 2.24) is 0 Å². The van der Waals surface area contributed by atoms with Crippen molar-refractivity contribution in [2.24, 2.45) is 17.3 Å². The second-order valence-corrected chi connectivity index (χ2v) is 7.71. The number of aliphatic hydroxyl groups is 1. The summed E-state index contributed by atoms with van der Waals surface area (Å²) in [6.45, 7) is 6.58. The van der Waals surface area contributed by atoms with Crippen LogP contribution in [0.1, 0.15) is 38.5 Å². The van der Waals surface area contributed by atoms with Crippen LogP contribution in [0.5, 0.6) is 0 Å². The minimum absolute atomic E-state index is 0.131. The maximum absolute atomic E-state index is 10.5. The first-order chi connectivity index (χ1) is 11.5. The molecule has 0 fully saturated rings. The van der Waals surface area contributed by atoms with Crippen LogP contribution >= 0.6 is 0 Å². The fraction of sp³-hybridized carbons (Fsp3) is 0.364. The van der Waals surface area contributed by atoms with Gasteiger partial charge in [0.2, 0.25) is 0 Å². The molecule has 24 heavy (non-hydrogen) atoms. The number of aliphatic hydroxyl groups excluding tert-OH is 1. The summed E-state index contributed by atoms with van der Waals surface area (Å²) in [4.78, 5) is 0. The zero-order valence-corrected chi connectivity index (χ0v) is 14.5. The van der Waals surface area contributed by atoms with E-state index in [0.29, 0.717) is 17.6 Å². The number of para-hydroxylation sites is 1. The number of furan rings is 1. The predicted molar refractivity (Wildman–Crippen MR) is 98.8 cm³/mol. The molecule has 0 saturated heterocycles. The van der Waals surface area contributed by atoms with Crippen LogP contribution in [0.25, 0.3) is 17.0 Å². The zero-order chi connectivity index (χ0) is 16.9. The fourth-order valence-electron chi connectivity index (χ4n) is 4.05. The third-order valence-corrected chi connectivity index (χ3v) is 5.64. The van der Waals surface area contributed by atoms with E-state index in [-0.39, 0.29) is 5.41 Å². The summed E-state index contributed by atoms with van der Waals surface area (Å²) in [6.07, 6.45) is 10.5. The van der Waals surface area contributed by atoms with Crippen LogP contribution in [0, 0.1) is 17.3 Å². The lowest BCUT2D eigenvalue weighted by Crippen LogP contribution is -2.30. The van der Waals surface area contributed by atoms with Crippen molar-refractivity contribution in [2.45, 2.75) is 33.6 Å². The lowest BCUT2D eigenvalue weighted by molar-refractivity contribution is 0.274. The fourth-order valence-corrected chi connectivity index (χ4v) is 4.05. The molecule has 2 unspecified atom stereocenters. The van der Waals surface area contributed by atoms with Crippen molar-refractivity contribution in [3.05, 3.63) is 65.1 Å². The Morgan fingerprint density at radius 2 is 2.00 bits per heavy atom. The molecular weight excluding hydrogens is 296 g/mol. The quantitative estimate of drug-likeness (QED) is 0.730. The van der Waals surface area contributed by atoms with Gasteiger partial charge in [-0.25, -0.2) is 0 Å². The van der Waals surface area contributed by atoms with E-state index in [4.69, 9.17) is 4.42 Å². The minimum atomic E-state index is -0.131. The van der Waals surface area contributed by atoms with Crippen molar-refractivity contribution in [3.63, 3.8) is 0 Å². The average molecular weight is 320 g/mol. The molecule has 0 radical (unpaired) electrons. The molecule has 124 valence electrons. The highest BCUT2D eigenvalue weighted by Gasteiger charge is 2.37. The second-order valence-electron chi connectivity index (χ2n) is 7.71. The minimum Gasteiger partial charge on any atom is -0.508 e. The number of allylic oxidation sites excluding steroid dienone is 4. The molecule has 2 aromatic rings. The van der Waals surface area contributed by atoms with E-state index < -0.39 is 0 Å². The molecule has 1 aromatic heterocycles. The smallest absolute Gasteiger partial charge is 0.134 e. The van der Waals surface area contributed by atoms with Crippen molar-refractivity contribution in [2.75, 3.05) is 0 Å². The normalized spacial score (nSPS) is 23.8. The number of fused-ring (bicyclic) bond motifs is 3. The number of hydrogen-bond acceptors (Lipinski definition) is 2. The van der Waals surface area contributed by atoms with Gasteiger partial charge in [0, 0.05) is 17.4 Å². The van der Waals surface area contributed by atoms with Gasteiger partial charge in [0.15, 0.2) is 0 Å². The van der Waals surface area contributed by atoms with Crippen molar-refractivity contribution >= 4 is 17.0 Å². The second kappa shape index (κ2) is 5.41. The highest BCUT2D eigenvalue weighted by atomic mass is 16.3. The van der Waals surface area contributed by atoms with Gasteiger partial charge in [-0.15, -0.1) is 0 Å². The van der Waals surface area contributed by atoms with Crippen LogP contribution in [0.4, 0.5) is 0 Å². The van der Waals surface area contributed by atoms with Gasteiger partial charge in [0.05, 0.1) is 0 Å². The van der Waals surface area contributed by atoms with Crippen molar-refractivity contribution < 1.29 is 9.52 Å². The van der Waals surface area contributed by atoms with Crippen LogP contribution in [-0.4, -0.2) is 5.11 Å². The largest absolute Gasteiger partial charge is 0.508 e. The van der Waals surface area contributed by atoms with Gasteiger partial charge >= 0.3 is 0 Å². The highest BCUT2D eigenvalue weighted by Crippen LogP contribution is 2.46. The first kappa shape index (κ1) is 15.3. The van der Waals surface area contributed by atoms with Crippen molar-refractivity contribution in [1.29, 1.82) is 0 Å². The topological polar surface area (TPSA) is 33.4 Å². The first-order valence-electron chi connectivity index (χ1n) is 8.77. The summed E-state index contributed by atoms with van der Waals surface area (Å²) in [7, 11) is 0. The maximum atomic E-state index is 10.5. The van der Waals surface area contributed by atoms with Gasteiger partial charge in [-0.3, -0.25) is 0 Å². The lowest BCUT2D eigenvalue weighted by atomic mass is 9.67. The Morgan fingerprint density at radius 3 is 2.79 bits per heavy atom. The number of hydrogen-bond donors (Lipinski definition) is 1. The molecule has 1 aromatic carbocycles. The van der Waals surface area contributed by atoms with E-state index >= 15 is 0 Å². The Labute approximate surface area is 143 Å². The molecule has 4 rings (SSSR count). The molecule has 0 saturated carbocycles. The third kappa shape index (κ3) is 2.32. The Bertz CT molecular complexity index is 877. The van der Waals surface area contributed by atoms with Gasteiger partial charge in [0.25, 0.3) is 0 Å². The van der Waals surface area contributed by atoms with E-state index in [1.165, 1.54) is 10.9 Å².